The number of aromatic nitrogens is 6. The maximum absolute atomic E-state index is 4.70. The Morgan fingerprint density at radius 1 is 0.972 bits per heavy atom. The van der Waals surface area contributed by atoms with E-state index < -0.39 is 0 Å². The Morgan fingerprint density at radius 2 is 1.83 bits per heavy atom. The van der Waals surface area contributed by atoms with Crippen molar-refractivity contribution in [3.8, 4) is 33.2 Å². The molecule has 0 unspecified atom stereocenters. The van der Waals surface area contributed by atoms with Gasteiger partial charge in [-0.25, -0.2) is 0 Å². The van der Waals surface area contributed by atoms with Crippen LogP contribution in [0.3, 0.4) is 0 Å². The summed E-state index contributed by atoms with van der Waals surface area (Å²) in [5, 5.41) is 9.83. The Morgan fingerprint density at radius 3 is 2.64 bits per heavy atom. The van der Waals surface area contributed by atoms with Crippen LogP contribution >= 0.6 is 11.3 Å². The van der Waals surface area contributed by atoms with Crippen molar-refractivity contribution in [3.05, 3.63) is 78.2 Å². The number of allylic oxidation sites excluding steroid dienone is 1. The van der Waals surface area contributed by atoms with Crippen LogP contribution in [0.2, 0.25) is 0 Å². The molecule has 0 aliphatic heterocycles. The van der Waals surface area contributed by atoms with Crippen molar-refractivity contribution in [2.75, 3.05) is 14.1 Å². The first kappa shape index (κ1) is 22.3. The predicted octanol–water partition coefficient (Wildman–Crippen LogP) is 6.39. The second-order valence-corrected chi connectivity index (χ2v) is 10.3. The van der Waals surface area contributed by atoms with Gasteiger partial charge in [-0.15, -0.1) is 11.3 Å². The number of nitrogens with zero attached hydrogens (tertiary/aromatic N) is 5. The standard InChI is InChI=1S/C28H25N7S/c1-16(2)25-5-6-26(36-25)28-19-11-23(32-21(19)7-8-30-28)27-20-10-22(31-14-24(20)33-34-27)18-9-17(12-29-13-18)15-35(3)4/h5-14,32H,1,15H2,2-4H3,(H,33,34). The van der Waals surface area contributed by atoms with Gasteiger partial charge in [0, 0.05) is 51.9 Å². The van der Waals surface area contributed by atoms with E-state index in [1.807, 2.05) is 51.9 Å². The van der Waals surface area contributed by atoms with Gasteiger partial charge in [0.05, 0.1) is 33.7 Å². The Balaban J connectivity index is 1.43. The first-order chi connectivity index (χ1) is 17.5. The minimum atomic E-state index is 0.823. The molecule has 0 saturated heterocycles. The van der Waals surface area contributed by atoms with Gasteiger partial charge in [0.15, 0.2) is 0 Å². The average molecular weight is 492 g/mol. The molecule has 0 radical (unpaired) electrons. The van der Waals surface area contributed by atoms with Crippen molar-refractivity contribution in [2.24, 2.45) is 0 Å². The van der Waals surface area contributed by atoms with Gasteiger partial charge in [-0.3, -0.25) is 20.1 Å². The number of pyridine rings is 3. The molecule has 0 spiro atoms. The summed E-state index contributed by atoms with van der Waals surface area (Å²) in [4.78, 5) is 21.8. The van der Waals surface area contributed by atoms with E-state index in [-0.39, 0.29) is 0 Å². The highest BCUT2D eigenvalue weighted by atomic mass is 32.1. The molecule has 0 fully saturated rings. The maximum Gasteiger partial charge on any atom is 0.116 e. The van der Waals surface area contributed by atoms with Gasteiger partial charge in [-0.05, 0) is 68.6 Å². The van der Waals surface area contributed by atoms with E-state index in [1.165, 1.54) is 4.88 Å². The van der Waals surface area contributed by atoms with Crippen LogP contribution in [0.1, 0.15) is 17.4 Å². The first-order valence-corrected chi connectivity index (χ1v) is 12.5. The molecule has 8 heteroatoms. The lowest BCUT2D eigenvalue weighted by molar-refractivity contribution is 0.402. The van der Waals surface area contributed by atoms with Gasteiger partial charge in [0.1, 0.15) is 5.69 Å². The summed E-state index contributed by atoms with van der Waals surface area (Å²) in [6.07, 6.45) is 7.43. The van der Waals surface area contributed by atoms with Crippen LogP contribution in [0.5, 0.6) is 0 Å². The molecular formula is C28H25N7S. The lowest BCUT2D eigenvalue weighted by Crippen LogP contribution is -2.10. The fourth-order valence-corrected chi connectivity index (χ4v) is 5.37. The Hall–Kier alpha value is -4.14. The van der Waals surface area contributed by atoms with Gasteiger partial charge < -0.3 is 9.88 Å². The molecule has 36 heavy (non-hydrogen) atoms. The summed E-state index contributed by atoms with van der Waals surface area (Å²) in [5.41, 5.74) is 8.69. The second-order valence-electron chi connectivity index (χ2n) is 9.26. The Bertz CT molecular complexity index is 1740. The highest BCUT2D eigenvalue weighted by Gasteiger charge is 2.16. The zero-order valence-corrected chi connectivity index (χ0v) is 21.1. The largest absolute Gasteiger partial charge is 0.353 e. The summed E-state index contributed by atoms with van der Waals surface area (Å²) in [7, 11) is 4.10. The van der Waals surface area contributed by atoms with Crippen LogP contribution in [0, 0.1) is 0 Å². The van der Waals surface area contributed by atoms with Crippen LogP contribution in [0.4, 0.5) is 0 Å². The van der Waals surface area contributed by atoms with Crippen molar-refractivity contribution in [1.82, 2.24) is 35.0 Å². The number of H-pyrrole nitrogens is 2. The third kappa shape index (κ3) is 4.00. The SMILES string of the molecule is C=C(C)c1ccc(-c2nccc3[nH]c(-c4n[nH]c5cnc(-c6cncc(CN(C)C)c6)cc45)cc23)s1. The van der Waals surface area contributed by atoms with E-state index in [0.29, 0.717) is 0 Å². The van der Waals surface area contributed by atoms with Crippen molar-refractivity contribution in [2.45, 2.75) is 13.5 Å². The smallest absolute Gasteiger partial charge is 0.116 e. The molecule has 0 aliphatic rings. The number of aromatic amines is 2. The van der Waals surface area contributed by atoms with E-state index in [9.17, 15) is 0 Å². The van der Waals surface area contributed by atoms with Crippen molar-refractivity contribution in [1.29, 1.82) is 0 Å². The molecule has 0 saturated carbocycles. The first-order valence-electron chi connectivity index (χ1n) is 11.6. The van der Waals surface area contributed by atoms with Crippen LogP contribution in [-0.4, -0.2) is 49.1 Å². The number of thiophene rings is 1. The van der Waals surface area contributed by atoms with Crippen LogP contribution in [0.25, 0.3) is 60.6 Å². The molecule has 6 heterocycles. The monoisotopic (exact) mass is 491 g/mol. The summed E-state index contributed by atoms with van der Waals surface area (Å²) < 4.78 is 0. The third-order valence-corrected chi connectivity index (χ3v) is 7.35. The van der Waals surface area contributed by atoms with E-state index in [4.69, 9.17) is 4.98 Å². The normalized spacial score (nSPS) is 11.7. The molecule has 0 aliphatic carbocycles. The lowest BCUT2D eigenvalue weighted by atomic mass is 10.1. The third-order valence-electron chi connectivity index (χ3n) is 6.10. The van der Waals surface area contributed by atoms with Crippen LogP contribution in [0.15, 0.2) is 67.8 Å². The molecule has 6 rings (SSSR count). The number of hydrogen-bond donors (Lipinski definition) is 2. The second kappa shape index (κ2) is 8.82. The van der Waals surface area contributed by atoms with Gasteiger partial charge in [0.25, 0.3) is 0 Å². The van der Waals surface area contributed by atoms with Crippen molar-refractivity contribution >= 4 is 38.7 Å². The highest BCUT2D eigenvalue weighted by Crippen LogP contribution is 2.37. The molecular weight excluding hydrogens is 466 g/mol. The minimum Gasteiger partial charge on any atom is -0.353 e. The summed E-state index contributed by atoms with van der Waals surface area (Å²) in [6.45, 7) is 6.92. The Labute approximate surface area is 212 Å². The predicted molar refractivity (Wildman–Crippen MR) is 148 cm³/mol. The van der Waals surface area contributed by atoms with E-state index in [1.54, 1.807) is 11.3 Å². The van der Waals surface area contributed by atoms with Crippen molar-refractivity contribution < 1.29 is 0 Å². The molecule has 178 valence electrons. The zero-order chi connectivity index (χ0) is 24.8. The molecule has 0 aromatic carbocycles. The van der Waals surface area contributed by atoms with Crippen molar-refractivity contribution in [3.63, 3.8) is 0 Å². The molecule has 6 aromatic heterocycles. The lowest BCUT2D eigenvalue weighted by Gasteiger charge is -2.10. The maximum atomic E-state index is 4.70. The molecule has 0 bridgehead atoms. The number of rotatable bonds is 6. The summed E-state index contributed by atoms with van der Waals surface area (Å²) in [5.74, 6) is 0. The number of nitrogens with one attached hydrogen (secondary N) is 2. The highest BCUT2D eigenvalue weighted by molar-refractivity contribution is 7.16. The zero-order valence-electron chi connectivity index (χ0n) is 20.3. The number of hydrogen-bond acceptors (Lipinski definition) is 6. The van der Waals surface area contributed by atoms with Crippen LogP contribution < -0.4 is 0 Å². The van der Waals surface area contributed by atoms with Gasteiger partial charge in [-0.1, -0.05) is 6.58 Å². The molecule has 6 aromatic rings. The number of fused-ring (bicyclic) bond motifs is 2. The van der Waals surface area contributed by atoms with E-state index >= 15 is 0 Å². The summed E-state index contributed by atoms with van der Waals surface area (Å²) in [6, 6.07) is 12.6. The Kier molecular flexibility index (Phi) is 5.47. The summed E-state index contributed by atoms with van der Waals surface area (Å²) >= 11 is 1.71. The van der Waals surface area contributed by atoms with E-state index in [2.05, 4.69) is 67.0 Å². The average Bonchev–Trinajstić information content (AvgIpc) is 3.60. The molecule has 7 nitrogen and oxygen atoms in total. The minimum absolute atomic E-state index is 0.823. The molecule has 0 atom stereocenters. The van der Waals surface area contributed by atoms with Gasteiger partial charge in [0.2, 0.25) is 0 Å². The van der Waals surface area contributed by atoms with Crippen LogP contribution in [-0.2, 0) is 6.54 Å². The van der Waals surface area contributed by atoms with Gasteiger partial charge in [-0.2, -0.15) is 5.10 Å². The van der Waals surface area contributed by atoms with E-state index in [0.717, 1.165) is 72.7 Å². The molecule has 2 N–H and O–H groups in total. The quantitative estimate of drug-likeness (QED) is 0.282. The topological polar surface area (TPSA) is 86.4 Å². The fraction of sp³-hybridized carbons (Fsp3) is 0.143. The fourth-order valence-electron chi connectivity index (χ4n) is 4.43. The van der Waals surface area contributed by atoms with Gasteiger partial charge >= 0.3 is 0 Å². The molecule has 0 amide bonds.